The van der Waals surface area contributed by atoms with Crippen LogP contribution in [0.5, 0.6) is 0 Å². The topological polar surface area (TPSA) is 6.48 Å². The zero-order chi connectivity index (χ0) is 40.9. The Labute approximate surface area is 358 Å². The molecule has 1 aliphatic carbocycles. The third-order valence-electron chi connectivity index (χ3n) is 12.6. The molecule has 10 aromatic carbocycles. The molecule has 11 rings (SSSR count). The van der Waals surface area contributed by atoms with Gasteiger partial charge < -0.3 is 9.80 Å². The van der Waals surface area contributed by atoms with Gasteiger partial charge in [0.15, 0.2) is 0 Å². The molecule has 0 atom stereocenters. The highest BCUT2D eigenvalue weighted by Gasteiger charge is 2.35. The van der Waals surface area contributed by atoms with Crippen molar-refractivity contribution in [3.8, 4) is 33.4 Å². The first-order valence-electron chi connectivity index (χ1n) is 21.2. The number of rotatable bonds is 8. The van der Waals surface area contributed by atoms with Crippen LogP contribution >= 0.6 is 0 Å². The smallest absolute Gasteiger partial charge is 0.0546 e. The van der Waals surface area contributed by atoms with Crippen LogP contribution in [-0.2, 0) is 5.41 Å². The molecule has 0 fully saturated rings. The second kappa shape index (κ2) is 14.9. The van der Waals surface area contributed by atoms with Gasteiger partial charge >= 0.3 is 0 Å². The molecule has 0 heterocycles. The molecule has 0 saturated heterocycles. The van der Waals surface area contributed by atoms with E-state index >= 15 is 0 Å². The standard InChI is InChI=1S/C59H44N2/c1-59(2)56-24-14-13-23-53(56)54-36-35-52(40-57(54)59)60(48-28-25-43(26-29-48)41-15-5-3-6-16-41)49-31-33-50(34-32-49)61(51-30-27-42-17-9-10-20-45(42)37-51)58-39-47-22-12-11-21-46(47)38-55(58)44-18-7-4-8-19-44/h3-40H,1-2H3. The maximum atomic E-state index is 2.43. The van der Waals surface area contributed by atoms with Gasteiger partial charge in [0.1, 0.15) is 0 Å². The summed E-state index contributed by atoms with van der Waals surface area (Å²) >= 11 is 0. The molecule has 290 valence electrons. The normalized spacial score (nSPS) is 12.6. The quantitative estimate of drug-likeness (QED) is 0.152. The summed E-state index contributed by atoms with van der Waals surface area (Å²) in [6.07, 6.45) is 0. The van der Waals surface area contributed by atoms with E-state index in [1.165, 1.54) is 66.1 Å². The van der Waals surface area contributed by atoms with Gasteiger partial charge in [-0.25, -0.2) is 0 Å². The van der Waals surface area contributed by atoms with Gasteiger partial charge in [-0.05, 0) is 133 Å². The molecule has 0 unspecified atom stereocenters. The molecule has 0 N–H and O–H groups in total. The third-order valence-corrected chi connectivity index (χ3v) is 12.6. The first-order chi connectivity index (χ1) is 30.0. The number of anilines is 6. The summed E-state index contributed by atoms with van der Waals surface area (Å²) in [5.41, 5.74) is 16.6. The molecule has 0 saturated carbocycles. The number of hydrogen-bond donors (Lipinski definition) is 0. The number of hydrogen-bond acceptors (Lipinski definition) is 2. The zero-order valence-corrected chi connectivity index (χ0v) is 34.3. The minimum Gasteiger partial charge on any atom is -0.310 e. The first-order valence-corrected chi connectivity index (χ1v) is 21.2. The van der Waals surface area contributed by atoms with Crippen LogP contribution in [0.15, 0.2) is 231 Å². The molecule has 0 bridgehead atoms. The van der Waals surface area contributed by atoms with Crippen molar-refractivity contribution < 1.29 is 0 Å². The number of nitrogens with zero attached hydrogens (tertiary/aromatic N) is 2. The van der Waals surface area contributed by atoms with Gasteiger partial charge in [-0.15, -0.1) is 0 Å². The fourth-order valence-corrected chi connectivity index (χ4v) is 9.47. The van der Waals surface area contributed by atoms with Crippen molar-refractivity contribution in [2.45, 2.75) is 19.3 Å². The fraction of sp³-hybridized carbons (Fsp3) is 0.0508. The molecule has 0 spiro atoms. The molecule has 0 aromatic heterocycles. The van der Waals surface area contributed by atoms with Crippen LogP contribution in [0.2, 0.25) is 0 Å². The predicted molar refractivity (Wildman–Crippen MR) is 259 cm³/mol. The van der Waals surface area contributed by atoms with E-state index in [2.05, 4.69) is 254 Å². The molecule has 2 nitrogen and oxygen atoms in total. The molecule has 0 amide bonds. The highest BCUT2D eigenvalue weighted by atomic mass is 15.2. The lowest BCUT2D eigenvalue weighted by molar-refractivity contribution is 0.660. The van der Waals surface area contributed by atoms with E-state index in [1.807, 2.05) is 0 Å². The highest BCUT2D eigenvalue weighted by molar-refractivity contribution is 6.00. The van der Waals surface area contributed by atoms with Gasteiger partial charge in [0.2, 0.25) is 0 Å². The van der Waals surface area contributed by atoms with Crippen LogP contribution in [0.1, 0.15) is 25.0 Å². The van der Waals surface area contributed by atoms with Crippen molar-refractivity contribution in [3.63, 3.8) is 0 Å². The van der Waals surface area contributed by atoms with Gasteiger partial charge in [-0.2, -0.15) is 0 Å². The van der Waals surface area contributed by atoms with Crippen LogP contribution in [0.4, 0.5) is 34.1 Å². The molecule has 61 heavy (non-hydrogen) atoms. The van der Waals surface area contributed by atoms with Crippen molar-refractivity contribution in [1.29, 1.82) is 0 Å². The Morgan fingerprint density at radius 3 is 1.43 bits per heavy atom. The maximum absolute atomic E-state index is 2.43. The zero-order valence-electron chi connectivity index (χ0n) is 34.3. The molecule has 0 aliphatic heterocycles. The molecular weight excluding hydrogens is 737 g/mol. The largest absolute Gasteiger partial charge is 0.310 e. The summed E-state index contributed by atoms with van der Waals surface area (Å²) < 4.78 is 0. The number of fused-ring (bicyclic) bond motifs is 5. The summed E-state index contributed by atoms with van der Waals surface area (Å²) in [5.74, 6) is 0. The van der Waals surface area contributed by atoms with Gasteiger partial charge in [-0.1, -0.05) is 172 Å². The van der Waals surface area contributed by atoms with Gasteiger partial charge in [0, 0.05) is 39.4 Å². The van der Waals surface area contributed by atoms with Crippen molar-refractivity contribution in [2.75, 3.05) is 9.80 Å². The fourth-order valence-electron chi connectivity index (χ4n) is 9.47. The van der Waals surface area contributed by atoms with Crippen LogP contribution in [0, 0.1) is 0 Å². The summed E-state index contributed by atoms with van der Waals surface area (Å²) in [5, 5.41) is 4.84. The molecule has 2 heteroatoms. The minimum atomic E-state index is -0.120. The van der Waals surface area contributed by atoms with Crippen molar-refractivity contribution >= 4 is 55.7 Å². The summed E-state index contributed by atoms with van der Waals surface area (Å²) in [6.45, 7) is 4.71. The predicted octanol–water partition coefficient (Wildman–Crippen LogP) is 16.6. The second-order valence-corrected chi connectivity index (χ2v) is 16.6. The van der Waals surface area contributed by atoms with E-state index in [1.54, 1.807) is 0 Å². The Kier molecular flexibility index (Phi) is 8.86. The lowest BCUT2D eigenvalue weighted by atomic mass is 9.82. The Hall–Kier alpha value is -7.68. The van der Waals surface area contributed by atoms with Crippen LogP contribution in [-0.4, -0.2) is 0 Å². The number of benzene rings is 10. The van der Waals surface area contributed by atoms with Crippen molar-refractivity contribution in [3.05, 3.63) is 242 Å². The van der Waals surface area contributed by atoms with Crippen LogP contribution in [0.25, 0.3) is 54.9 Å². The maximum Gasteiger partial charge on any atom is 0.0546 e. The minimum absolute atomic E-state index is 0.120. The van der Waals surface area contributed by atoms with Crippen molar-refractivity contribution in [2.24, 2.45) is 0 Å². The lowest BCUT2D eigenvalue weighted by Gasteiger charge is -2.31. The average molecular weight is 781 g/mol. The Morgan fingerprint density at radius 1 is 0.279 bits per heavy atom. The molecule has 0 radical (unpaired) electrons. The first kappa shape index (κ1) is 36.4. The van der Waals surface area contributed by atoms with E-state index in [9.17, 15) is 0 Å². The Balaban J connectivity index is 1.08. The van der Waals surface area contributed by atoms with Crippen LogP contribution < -0.4 is 9.80 Å². The van der Waals surface area contributed by atoms with E-state index in [0.717, 1.165) is 34.1 Å². The summed E-state index contributed by atoms with van der Waals surface area (Å²) in [6, 6.07) is 84.2. The Bertz CT molecular complexity index is 3200. The molecule has 10 aromatic rings. The van der Waals surface area contributed by atoms with Crippen LogP contribution in [0.3, 0.4) is 0 Å². The van der Waals surface area contributed by atoms with Gasteiger partial charge in [-0.3, -0.25) is 0 Å². The lowest BCUT2D eigenvalue weighted by Crippen LogP contribution is -2.16. The summed E-state index contributed by atoms with van der Waals surface area (Å²) in [7, 11) is 0. The van der Waals surface area contributed by atoms with Crippen molar-refractivity contribution in [1.82, 2.24) is 0 Å². The average Bonchev–Trinajstić information content (AvgIpc) is 3.55. The second-order valence-electron chi connectivity index (χ2n) is 16.6. The SMILES string of the molecule is CC1(C)c2ccccc2-c2ccc(N(c3ccc(-c4ccccc4)cc3)c3ccc(N(c4ccc5ccccc5c4)c4cc5ccccc5cc4-c4ccccc4)cc3)cc21. The third kappa shape index (κ3) is 6.45. The summed E-state index contributed by atoms with van der Waals surface area (Å²) in [4.78, 5) is 4.84. The Morgan fingerprint density at radius 2 is 0.738 bits per heavy atom. The van der Waals surface area contributed by atoms with Gasteiger partial charge in [0.05, 0.1) is 5.69 Å². The van der Waals surface area contributed by atoms with E-state index in [0.29, 0.717) is 0 Å². The van der Waals surface area contributed by atoms with E-state index in [4.69, 9.17) is 0 Å². The van der Waals surface area contributed by atoms with Gasteiger partial charge in [0.25, 0.3) is 0 Å². The molecular formula is C59H44N2. The highest BCUT2D eigenvalue weighted by Crippen LogP contribution is 2.51. The monoisotopic (exact) mass is 780 g/mol. The molecule has 1 aliphatic rings. The van der Waals surface area contributed by atoms with E-state index in [-0.39, 0.29) is 5.41 Å². The van der Waals surface area contributed by atoms with E-state index < -0.39 is 0 Å².